The average molecular weight is 1090 g/mol. The second kappa shape index (κ2) is 18.5. The van der Waals surface area contributed by atoms with Crippen LogP contribution in [0, 0.1) is 0 Å². The van der Waals surface area contributed by atoms with Gasteiger partial charge >= 0.3 is 0 Å². The number of hydrogen-bond donors (Lipinski definition) is 0. The highest BCUT2D eigenvalue weighted by atomic mass is 15.2. The molecule has 0 saturated carbocycles. The molecule has 11 aromatic rings. The van der Waals surface area contributed by atoms with Crippen LogP contribution in [0.4, 0.5) is 34.1 Å². The molecule has 0 fully saturated rings. The van der Waals surface area contributed by atoms with E-state index in [4.69, 9.17) is 0 Å². The van der Waals surface area contributed by atoms with E-state index < -0.39 is 10.8 Å². The Hall–Kier alpha value is -8.46. The van der Waals surface area contributed by atoms with Gasteiger partial charge in [-0.1, -0.05) is 249 Å². The molecule has 0 heterocycles. The fourth-order valence-corrected chi connectivity index (χ4v) is 14.9. The highest BCUT2D eigenvalue weighted by Crippen LogP contribution is 2.71. The lowest BCUT2D eigenvalue weighted by Crippen LogP contribution is -2.31. The minimum atomic E-state index is -0.697. The van der Waals surface area contributed by atoms with E-state index in [1.54, 1.807) is 0 Å². The standard InChI is InChI=1S/C82H78N2/c1-77(2,3)51-31-39-55(40-32-51)83(56-41-33-52(34-42-56)78(4,5)6)59-47-48-64-67-50-71(84(57-43-35-53(36-44-57)79(7,8)9)58-45-37-54(38-46-58)80(10,11)12)73-72-65-27-17-15-23-60(65)61-24-16-18-28-66(61)74(72)82(76(73)75(67)81(13,14)70(64)49-59)68-29-21-19-25-62(68)63-26-20-22-30-69(63)82/h15-50H,1-14H3. The van der Waals surface area contributed by atoms with Gasteiger partial charge in [-0.05, 0) is 193 Å². The Morgan fingerprint density at radius 1 is 0.274 bits per heavy atom. The van der Waals surface area contributed by atoms with Crippen LogP contribution < -0.4 is 9.80 Å². The van der Waals surface area contributed by atoms with Gasteiger partial charge in [0.1, 0.15) is 0 Å². The number of anilines is 6. The van der Waals surface area contributed by atoms with E-state index in [-0.39, 0.29) is 21.7 Å². The van der Waals surface area contributed by atoms with Gasteiger partial charge in [-0.25, -0.2) is 0 Å². The van der Waals surface area contributed by atoms with Gasteiger partial charge in [0.05, 0.1) is 11.1 Å². The van der Waals surface area contributed by atoms with Crippen molar-refractivity contribution in [1.82, 2.24) is 0 Å². The van der Waals surface area contributed by atoms with Crippen molar-refractivity contribution in [3.8, 4) is 33.4 Å². The first-order chi connectivity index (χ1) is 40.0. The van der Waals surface area contributed by atoms with Gasteiger partial charge in [0.2, 0.25) is 0 Å². The lowest BCUT2D eigenvalue weighted by atomic mass is 9.65. The largest absolute Gasteiger partial charge is 0.310 e. The van der Waals surface area contributed by atoms with E-state index in [2.05, 4.69) is 325 Å². The van der Waals surface area contributed by atoms with Crippen molar-refractivity contribution < 1.29 is 0 Å². The Morgan fingerprint density at radius 3 is 1.07 bits per heavy atom. The van der Waals surface area contributed by atoms with Crippen LogP contribution in [0.3, 0.4) is 0 Å². The summed E-state index contributed by atoms with van der Waals surface area (Å²) in [7, 11) is 0. The van der Waals surface area contributed by atoms with E-state index >= 15 is 0 Å². The molecule has 0 N–H and O–H groups in total. The molecule has 11 aromatic carbocycles. The van der Waals surface area contributed by atoms with Crippen LogP contribution in [0.15, 0.2) is 218 Å². The van der Waals surface area contributed by atoms with Gasteiger partial charge < -0.3 is 9.80 Å². The zero-order chi connectivity index (χ0) is 58.6. The topological polar surface area (TPSA) is 6.48 Å². The van der Waals surface area contributed by atoms with Crippen molar-refractivity contribution in [3.63, 3.8) is 0 Å². The number of nitrogens with zero attached hydrogens (tertiary/aromatic N) is 2. The monoisotopic (exact) mass is 1090 g/mol. The molecule has 0 saturated heterocycles. The minimum absolute atomic E-state index is 0.0173. The van der Waals surface area contributed by atoms with Gasteiger partial charge in [-0.2, -0.15) is 0 Å². The fraction of sp³-hybridized carbons (Fsp3) is 0.244. The second-order valence-electron chi connectivity index (χ2n) is 29.0. The van der Waals surface area contributed by atoms with E-state index in [0.717, 1.165) is 28.4 Å². The summed E-state index contributed by atoms with van der Waals surface area (Å²) in [5.74, 6) is 0. The van der Waals surface area contributed by atoms with Crippen molar-refractivity contribution >= 4 is 55.7 Å². The molecule has 2 heteroatoms. The first-order valence-electron chi connectivity index (χ1n) is 30.5. The van der Waals surface area contributed by atoms with Crippen molar-refractivity contribution in [3.05, 3.63) is 274 Å². The molecule has 0 atom stereocenters. The van der Waals surface area contributed by atoms with Crippen molar-refractivity contribution in [2.75, 3.05) is 9.80 Å². The lowest BCUT2D eigenvalue weighted by Gasteiger charge is -2.37. The molecule has 0 aromatic heterocycles. The number of hydrogen-bond acceptors (Lipinski definition) is 2. The molecule has 0 bridgehead atoms. The first kappa shape index (κ1) is 53.5. The van der Waals surface area contributed by atoms with E-state index in [0.29, 0.717) is 0 Å². The molecule has 0 radical (unpaired) electrons. The summed E-state index contributed by atoms with van der Waals surface area (Å²) in [6.07, 6.45) is 0. The molecule has 416 valence electrons. The molecule has 0 unspecified atom stereocenters. The molecule has 0 amide bonds. The van der Waals surface area contributed by atoms with Gasteiger partial charge in [0.15, 0.2) is 0 Å². The number of fused-ring (bicyclic) bond motifs is 19. The zero-order valence-electron chi connectivity index (χ0n) is 51.7. The Kier molecular flexibility index (Phi) is 11.8. The van der Waals surface area contributed by atoms with Gasteiger partial charge in [0.25, 0.3) is 0 Å². The Bertz CT molecular complexity index is 4290. The van der Waals surface area contributed by atoms with Crippen LogP contribution in [-0.4, -0.2) is 0 Å². The van der Waals surface area contributed by atoms with Crippen molar-refractivity contribution in [2.45, 2.75) is 129 Å². The van der Waals surface area contributed by atoms with Gasteiger partial charge in [0, 0.05) is 39.4 Å². The highest BCUT2D eigenvalue weighted by Gasteiger charge is 2.58. The SMILES string of the molecule is CC(C)(C)c1ccc(N(c2ccc(C(C)(C)C)cc2)c2ccc3c(c2)C(C)(C)c2c-3cc(N(c3ccc(C(C)(C)C)cc3)c3ccc(C(C)(C)C)cc3)c3c2C2(c4ccccc4-c4ccccc42)c2c-3c3ccccc3c3ccccc23)cc1. The Labute approximate surface area is 499 Å². The van der Waals surface area contributed by atoms with Crippen molar-refractivity contribution in [1.29, 1.82) is 0 Å². The van der Waals surface area contributed by atoms with Crippen LogP contribution in [-0.2, 0) is 32.5 Å². The van der Waals surface area contributed by atoms with Crippen LogP contribution in [0.25, 0.3) is 54.9 Å². The van der Waals surface area contributed by atoms with Crippen LogP contribution in [0.1, 0.15) is 153 Å². The molecule has 3 aliphatic carbocycles. The maximum absolute atomic E-state index is 2.62. The van der Waals surface area contributed by atoms with E-state index in [1.165, 1.54) is 116 Å². The number of rotatable bonds is 6. The Balaban J connectivity index is 1.13. The quantitative estimate of drug-likeness (QED) is 0.153. The van der Waals surface area contributed by atoms with Crippen LogP contribution in [0.5, 0.6) is 0 Å². The third-order valence-electron chi connectivity index (χ3n) is 19.2. The fourth-order valence-electron chi connectivity index (χ4n) is 14.9. The third-order valence-corrected chi connectivity index (χ3v) is 19.2. The van der Waals surface area contributed by atoms with Crippen LogP contribution >= 0.6 is 0 Å². The summed E-state index contributed by atoms with van der Waals surface area (Å²) >= 11 is 0. The second-order valence-corrected chi connectivity index (χ2v) is 29.0. The molecule has 3 aliphatic rings. The maximum Gasteiger partial charge on any atom is 0.0735 e. The van der Waals surface area contributed by atoms with Gasteiger partial charge in [-0.3, -0.25) is 0 Å². The predicted octanol–water partition coefficient (Wildman–Crippen LogP) is 22.8. The molecule has 14 rings (SSSR count). The average Bonchev–Trinajstić information content (AvgIpc) is 1.49. The summed E-state index contributed by atoms with van der Waals surface area (Å²) in [6, 6.07) is 84.9. The van der Waals surface area contributed by atoms with Crippen molar-refractivity contribution in [2.24, 2.45) is 0 Å². The summed E-state index contributed by atoms with van der Waals surface area (Å²) in [5, 5.41) is 5.13. The van der Waals surface area contributed by atoms with E-state index in [1.807, 2.05) is 0 Å². The summed E-state index contributed by atoms with van der Waals surface area (Å²) < 4.78 is 0. The first-order valence-corrected chi connectivity index (χ1v) is 30.5. The summed E-state index contributed by atoms with van der Waals surface area (Å²) in [4.78, 5) is 5.10. The molecule has 0 aliphatic heterocycles. The molecule has 1 spiro atoms. The van der Waals surface area contributed by atoms with Crippen LogP contribution in [0.2, 0.25) is 0 Å². The number of benzene rings is 11. The van der Waals surface area contributed by atoms with Gasteiger partial charge in [-0.15, -0.1) is 0 Å². The predicted molar refractivity (Wildman–Crippen MR) is 359 cm³/mol. The maximum atomic E-state index is 2.62. The molecule has 2 nitrogen and oxygen atoms in total. The minimum Gasteiger partial charge on any atom is -0.310 e. The zero-order valence-corrected chi connectivity index (χ0v) is 51.7. The highest BCUT2D eigenvalue weighted by molar-refractivity contribution is 6.22. The summed E-state index contributed by atoms with van der Waals surface area (Å²) in [5.41, 5.74) is 26.9. The van der Waals surface area contributed by atoms with E-state index in [9.17, 15) is 0 Å². The molecular weight excluding hydrogens is 1010 g/mol. The summed E-state index contributed by atoms with van der Waals surface area (Å²) in [6.45, 7) is 32.7. The normalized spacial score (nSPS) is 14.5. The smallest absolute Gasteiger partial charge is 0.0735 e. The molecule has 84 heavy (non-hydrogen) atoms. The Morgan fingerprint density at radius 2 is 0.631 bits per heavy atom. The third kappa shape index (κ3) is 7.96. The lowest BCUT2D eigenvalue weighted by molar-refractivity contribution is 0.590. The molecular formula is C82H78N2.